The third kappa shape index (κ3) is 3.63. The van der Waals surface area contributed by atoms with Crippen molar-refractivity contribution in [3.63, 3.8) is 0 Å². The van der Waals surface area contributed by atoms with E-state index in [9.17, 15) is 9.59 Å². The molecule has 114 valence electrons. The summed E-state index contributed by atoms with van der Waals surface area (Å²) in [6.07, 6.45) is 2.57. The van der Waals surface area contributed by atoms with Crippen molar-refractivity contribution >= 4 is 17.6 Å². The predicted octanol–water partition coefficient (Wildman–Crippen LogP) is 3.24. The first-order valence-electron chi connectivity index (χ1n) is 7.63. The number of carbonyl (C=O) groups excluding carboxylic acids is 1. The number of nitrogens with zero attached hydrogens (tertiary/aromatic N) is 1. The van der Waals surface area contributed by atoms with E-state index < -0.39 is 5.97 Å². The molecule has 0 atom stereocenters. The van der Waals surface area contributed by atoms with Crippen molar-refractivity contribution in [1.29, 1.82) is 0 Å². The Kier molecular flexibility index (Phi) is 4.99. The molecule has 1 N–H and O–H groups in total. The molecule has 2 rings (SSSR count). The number of carboxylic acid groups (broad SMARTS) is 1. The number of amides is 1. The van der Waals surface area contributed by atoms with Crippen molar-refractivity contribution in [2.75, 3.05) is 11.4 Å². The van der Waals surface area contributed by atoms with Gasteiger partial charge in [0, 0.05) is 18.2 Å². The standard InChI is InChI=1S/C17H23NO3/c1-3-18(15-10-4-12(2)5-11-15)16(19)13-6-8-14(9-7-13)17(20)21/h4-5,10-11,13-14H,3,6-9H2,1-2H3,(H,20,21). The molecule has 0 saturated heterocycles. The van der Waals surface area contributed by atoms with Crippen LogP contribution in [0.5, 0.6) is 0 Å². The minimum Gasteiger partial charge on any atom is -0.481 e. The van der Waals surface area contributed by atoms with Gasteiger partial charge in [0.25, 0.3) is 0 Å². The second-order valence-corrected chi connectivity index (χ2v) is 5.80. The number of benzene rings is 1. The van der Waals surface area contributed by atoms with Gasteiger partial charge in [-0.25, -0.2) is 0 Å². The molecule has 1 saturated carbocycles. The van der Waals surface area contributed by atoms with Crippen LogP contribution in [0.2, 0.25) is 0 Å². The maximum Gasteiger partial charge on any atom is 0.306 e. The molecular formula is C17H23NO3. The number of aliphatic carboxylic acids is 1. The van der Waals surface area contributed by atoms with Gasteiger partial charge in [0.1, 0.15) is 0 Å². The van der Waals surface area contributed by atoms with Gasteiger partial charge in [-0.15, -0.1) is 0 Å². The van der Waals surface area contributed by atoms with Crippen LogP contribution in [0.15, 0.2) is 24.3 Å². The minimum absolute atomic E-state index is 0.0400. The lowest BCUT2D eigenvalue weighted by Crippen LogP contribution is -2.38. The molecule has 21 heavy (non-hydrogen) atoms. The van der Waals surface area contributed by atoms with E-state index >= 15 is 0 Å². The van der Waals surface area contributed by atoms with Gasteiger partial charge < -0.3 is 10.0 Å². The third-order valence-electron chi connectivity index (χ3n) is 4.35. The molecule has 4 nitrogen and oxygen atoms in total. The Morgan fingerprint density at radius 2 is 1.62 bits per heavy atom. The third-order valence-corrected chi connectivity index (χ3v) is 4.35. The molecule has 0 heterocycles. The Morgan fingerprint density at radius 1 is 1.10 bits per heavy atom. The van der Waals surface area contributed by atoms with Crippen LogP contribution in [-0.4, -0.2) is 23.5 Å². The van der Waals surface area contributed by atoms with Crippen molar-refractivity contribution in [3.05, 3.63) is 29.8 Å². The molecule has 0 radical (unpaired) electrons. The highest BCUT2D eigenvalue weighted by molar-refractivity contribution is 5.95. The van der Waals surface area contributed by atoms with Gasteiger partial charge in [-0.05, 0) is 51.7 Å². The number of carboxylic acids is 1. The lowest BCUT2D eigenvalue weighted by molar-refractivity contribution is -0.144. The summed E-state index contributed by atoms with van der Waals surface area (Å²) in [7, 11) is 0. The fourth-order valence-corrected chi connectivity index (χ4v) is 3.00. The van der Waals surface area contributed by atoms with Crippen LogP contribution in [0, 0.1) is 18.8 Å². The van der Waals surface area contributed by atoms with Crippen LogP contribution < -0.4 is 4.90 Å². The van der Waals surface area contributed by atoms with Crippen molar-refractivity contribution in [3.8, 4) is 0 Å². The molecule has 1 amide bonds. The Bertz CT molecular complexity index is 501. The van der Waals surface area contributed by atoms with Crippen LogP contribution in [0.3, 0.4) is 0 Å². The van der Waals surface area contributed by atoms with Gasteiger partial charge in [-0.2, -0.15) is 0 Å². The molecule has 4 heteroatoms. The van der Waals surface area contributed by atoms with E-state index in [4.69, 9.17) is 5.11 Å². The molecule has 0 aliphatic heterocycles. The van der Waals surface area contributed by atoms with E-state index in [-0.39, 0.29) is 17.7 Å². The van der Waals surface area contributed by atoms with Crippen molar-refractivity contribution in [2.24, 2.45) is 11.8 Å². The molecule has 1 fully saturated rings. The van der Waals surface area contributed by atoms with Crippen molar-refractivity contribution < 1.29 is 14.7 Å². The summed E-state index contributed by atoms with van der Waals surface area (Å²) in [5.74, 6) is -0.915. The van der Waals surface area contributed by atoms with Crippen LogP contribution >= 0.6 is 0 Å². The zero-order valence-electron chi connectivity index (χ0n) is 12.7. The zero-order valence-corrected chi connectivity index (χ0v) is 12.7. The fourth-order valence-electron chi connectivity index (χ4n) is 3.00. The molecule has 0 bridgehead atoms. The van der Waals surface area contributed by atoms with E-state index in [1.807, 2.05) is 43.0 Å². The first kappa shape index (κ1) is 15.5. The molecular weight excluding hydrogens is 266 g/mol. The summed E-state index contributed by atoms with van der Waals surface area (Å²) in [6, 6.07) is 7.96. The highest BCUT2D eigenvalue weighted by Crippen LogP contribution is 2.31. The minimum atomic E-state index is -0.730. The summed E-state index contributed by atoms with van der Waals surface area (Å²) in [6.45, 7) is 4.64. The summed E-state index contributed by atoms with van der Waals surface area (Å²) in [5, 5.41) is 9.03. The Labute approximate surface area is 125 Å². The van der Waals surface area contributed by atoms with Gasteiger partial charge in [0.05, 0.1) is 5.92 Å². The normalized spacial score (nSPS) is 21.8. The lowest BCUT2D eigenvalue weighted by Gasteiger charge is -2.30. The highest BCUT2D eigenvalue weighted by Gasteiger charge is 2.32. The predicted molar refractivity (Wildman–Crippen MR) is 82.3 cm³/mol. The quantitative estimate of drug-likeness (QED) is 0.925. The van der Waals surface area contributed by atoms with Gasteiger partial charge in [-0.1, -0.05) is 17.7 Å². The number of hydrogen-bond acceptors (Lipinski definition) is 2. The van der Waals surface area contributed by atoms with Crippen LogP contribution in [0.4, 0.5) is 5.69 Å². The fraction of sp³-hybridized carbons (Fsp3) is 0.529. The number of rotatable bonds is 4. The second kappa shape index (κ2) is 6.74. The molecule has 0 unspecified atom stereocenters. The van der Waals surface area contributed by atoms with E-state index in [0.29, 0.717) is 32.2 Å². The summed E-state index contributed by atoms with van der Waals surface area (Å²) in [5.41, 5.74) is 2.10. The van der Waals surface area contributed by atoms with Crippen LogP contribution in [0.1, 0.15) is 38.2 Å². The molecule has 0 aromatic heterocycles. The zero-order chi connectivity index (χ0) is 15.4. The molecule has 1 aliphatic carbocycles. The average Bonchev–Trinajstić information content (AvgIpc) is 2.50. The first-order valence-corrected chi connectivity index (χ1v) is 7.63. The number of carbonyl (C=O) groups is 2. The Hall–Kier alpha value is -1.84. The van der Waals surface area contributed by atoms with E-state index in [0.717, 1.165) is 5.69 Å². The monoisotopic (exact) mass is 289 g/mol. The summed E-state index contributed by atoms with van der Waals surface area (Å²) < 4.78 is 0. The van der Waals surface area contributed by atoms with Crippen LogP contribution in [0.25, 0.3) is 0 Å². The van der Waals surface area contributed by atoms with Crippen molar-refractivity contribution in [2.45, 2.75) is 39.5 Å². The van der Waals surface area contributed by atoms with Gasteiger partial charge in [-0.3, -0.25) is 9.59 Å². The second-order valence-electron chi connectivity index (χ2n) is 5.80. The van der Waals surface area contributed by atoms with Gasteiger partial charge in [0.15, 0.2) is 0 Å². The first-order chi connectivity index (χ1) is 10.0. The Balaban J connectivity index is 2.04. The molecule has 1 aromatic rings. The van der Waals surface area contributed by atoms with Gasteiger partial charge >= 0.3 is 5.97 Å². The highest BCUT2D eigenvalue weighted by atomic mass is 16.4. The maximum atomic E-state index is 12.7. The SMILES string of the molecule is CCN(C(=O)C1CCC(C(=O)O)CC1)c1ccc(C)cc1. The van der Waals surface area contributed by atoms with Crippen LogP contribution in [-0.2, 0) is 9.59 Å². The van der Waals surface area contributed by atoms with E-state index in [1.165, 1.54) is 5.56 Å². The lowest BCUT2D eigenvalue weighted by atomic mass is 9.81. The number of hydrogen-bond donors (Lipinski definition) is 1. The topological polar surface area (TPSA) is 57.6 Å². The molecule has 0 spiro atoms. The summed E-state index contributed by atoms with van der Waals surface area (Å²) >= 11 is 0. The number of aryl methyl sites for hydroxylation is 1. The van der Waals surface area contributed by atoms with E-state index in [1.54, 1.807) is 0 Å². The number of anilines is 1. The van der Waals surface area contributed by atoms with Gasteiger partial charge in [0.2, 0.25) is 5.91 Å². The maximum absolute atomic E-state index is 12.7. The average molecular weight is 289 g/mol. The summed E-state index contributed by atoms with van der Waals surface area (Å²) in [4.78, 5) is 25.5. The largest absolute Gasteiger partial charge is 0.481 e. The molecule has 1 aliphatic rings. The van der Waals surface area contributed by atoms with E-state index in [2.05, 4.69) is 0 Å². The Morgan fingerprint density at radius 3 is 2.10 bits per heavy atom. The molecule has 1 aromatic carbocycles. The van der Waals surface area contributed by atoms with Crippen molar-refractivity contribution in [1.82, 2.24) is 0 Å². The smallest absolute Gasteiger partial charge is 0.306 e.